The van der Waals surface area contributed by atoms with Crippen LogP contribution in [0.1, 0.15) is 31.2 Å². The summed E-state index contributed by atoms with van der Waals surface area (Å²) in [5.74, 6) is -0.947. The van der Waals surface area contributed by atoms with E-state index < -0.39 is 5.97 Å². The van der Waals surface area contributed by atoms with Crippen LogP contribution in [-0.2, 0) is 19.1 Å². The predicted octanol–water partition coefficient (Wildman–Crippen LogP) is 4.03. The molecule has 29 heavy (non-hydrogen) atoms. The zero-order valence-electron chi connectivity index (χ0n) is 16.5. The maximum atomic E-state index is 12.8. The average molecular weight is 439 g/mol. The van der Waals surface area contributed by atoms with Gasteiger partial charge < -0.3 is 15.0 Å². The molecule has 0 aliphatic heterocycles. The Morgan fingerprint density at radius 3 is 2.45 bits per heavy atom. The number of benzene rings is 1. The maximum Gasteiger partial charge on any atom is 0.338 e. The first-order valence-electron chi connectivity index (χ1n) is 9.23. The van der Waals surface area contributed by atoms with E-state index >= 15 is 0 Å². The van der Waals surface area contributed by atoms with Gasteiger partial charge >= 0.3 is 5.97 Å². The lowest BCUT2D eigenvalue weighted by atomic mass is 9.90. The number of likely N-dealkylation sites (N-methyl/N-ethyl adjacent to an activating group) is 1. The number of nitrogens with zero attached hydrogens (tertiary/aromatic N) is 1. The number of hydrogen-bond donors (Lipinski definition) is 1. The van der Waals surface area contributed by atoms with E-state index in [1.165, 1.54) is 4.90 Å². The van der Waals surface area contributed by atoms with Gasteiger partial charge in [0, 0.05) is 41.5 Å². The average Bonchev–Trinajstić information content (AvgIpc) is 2.72. The molecule has 2 rings (SSSR count). The lowest BCUT2D eigenvalue weighted by Gasteiger charge is -2.22. The van der Waals surface area contributed by atoms with Crippen LogP contribution in [0.4, 0.5) is 5.69 Å². The van der Waals surface area contributed by atoms with Gasteiger partial charge in [-0.3, -0.25) is 9.59 Å². The van der Waals surface area contributed by atoms with E-state index in [2.05, 4.69) is 11.9 Å². The molecule has 0 bridgehead atoms. The number of amides is 2. The van der Waals surface area contributed by atoms with E-state index in [0.717, 1.165) is 12.8 Å². The van der Waals surface area contributed by atoms with Crippen molar-refractivity contribution >= 4 is 52.2 Å². The number of esters is 1. The molecule has 0 heterocycles. The monoisotopic (exact) mass is 438 g/mol. The predicted molar refractivity (Wildman–Crippen MR) is 115 cm³/mol. The highest BCUT2D eigenvalue weighted by molar-refractivity contribution is 6.34. The van der Waals surface area contributed by atoms with Gasteiger partial charge in [-0.05, 0) is 43.9 Å². The molecule has 0 spiro atoms. The molecule has 0 atom stereocenters. The van der Waals surface area contributed by atoms with Crippen molar-refractivity contribution in [3.8, 4) is 0 Å². The molecule has 8 heteroatoms. The zero-order chi connectivity index (χ0) is 21.6. The van der Waals surface area contributed by atoms with Crippen LogP contribution in [0, 0.1) is 0 Å². The Morgan fingerprint density at radius 1 is 1.17 bits per heavy atom. The molecular formula is C21H24Cl2N2O4. The van der Waals surface area contributed by atoms with Crippen LogP contribution in [0.5, 0.6) is 0 Å². The Labute approximate surface area is 180 Å². The molecular weight excluding hydrogens is 415 g/mol. The van der Waals surface area contributed by atoms with Crippen molar-refractivity contribution in [3.05, 3.63) is 46.5 Å². The van der Waals surface area contributed by atoms with Gasteiger partial charge in [0.15, 0.2) is 0 Å². The Balaban J connectivity index is 2.25. The van der Waals surface area contributed by atoms with Gasteiger partial charge in [0.2, 0.25) is 5.91 Å². The van der Waals surface area contributed by atoms with E-state index in [9.17, 15) is 14.4 Å². The molecule has 1 N–H and O–H groups in total. The highest BCUT2D eigenvalue weighted by Crippen LogP contribution is 2.30. The quantitative estimate of drug-likeness (QED) is 0.396. The minimum Gasteiger partial charge on any atom is -0.461 e. The second-order valence-electron chi connectivity index (χ2n) is 6.82. The van der Waals surface area contributed by atoms with Crippen molar-refractivity contribution in [2.75, 3.05) is 31.9 Å². The SMILES string of the molecule is C=C(C(=O)OCCCl)c1cc(NC(=O)C2=C(C(=O)N(C)C)CCCC2)ccc1Cl. The van der Waals surface area contributed by atoms with E-state index in [0.29, 0.717) is 40.3 Å². The van der Waals surface area contributed by atoms with Crippen molar-refractivity contribution in [2.45, 2.75) is 25.7 Å². The van der Waals surface area contributed by atoms with Crippen molar-refractivity contribution in [1.29, 1.82) is 0 Å². The highest BCUT2D eigenvalue weighted by Gasteiger charge is 2.25. The summed E-state index contributed by atoms with van der Waals surface area (Å²) in [4.78, 5) is 38.8. The second kappa shape index (κ2) is 10.5. The first kappa shape index (κ1) is 23.0. The smallest absolute Gasteiger partial charge is 0.338 e. The Morgan fingerprint density at radius 2 is 1.83 bits per heavy atom. The summed E-state index contributed by atoms with van der Waals surface area (Å²) in [6, 6.07) is 4.74. The molecule has 0 aromatic heterocycles. The van der Waals surface area contributed by atoms with Crippen LogP contribution in [0.3, 0.4) is 0 Å². The third-order valence-corrected chi connectivity index (χ3v) is 5.00. The molecule has 2 amide bonds. The van der Waals surface area contributed by atoms with E-state index in [4.69, 9.17) is 27.9 Å². The van der Waals surface area contributed by atoms with Gasteiger partial charge in [-0.1, -0.05) is 18.2 Å². The Kier molecular flexibility index (Phi) is 8.29. The zero-order valence-corrected chi connectivity index (χ0v) is 18.0. The third kappa shape index (κ3) is 5.84. The van der Waals surface area contributed by atoms with Crippen LogP contribution >= 0.6 is 23.2 Å². The summed E-state index contributed by atoms with van der Waals surface area (Å²) in [5.41, 5.74) is 1.90. The number of nitrogens with one attached hydrogen (secondary N) is 1. The number of carbonyl (C=O) groups excluding carboxylic acids is 3. The fourth-order valence-electron chi connectivity index (χ4n) is 3.03. The van der Waals surface area contributed by atoms with Crippen molar-refractivity contribution in [3.63, 3.8) is 0 Å². The molecule has 0 saturated carbocycles. The van der Waals surface area contributed by atoms with Crippen molar-refractivity contribution in [1.82, 2.24) is 4.90 Å². The standard InChI is InChI=1S/C21H24Cl2N2O4/c1-13(21(28)29-11-10-22)17-12-14(8-9-18(17)23)24-19(26)15-6-4-5-7-16(15)20(27)25(2)3/h8-9,12H,1,4-7,10-11H2,2-3H3,(H,24,26). The summed E-state index contributed by atoms with van der Waals surface area (Å²) in [6.45, 7) is 3.79. The Hall–Kier alpha value is -2.31. The topological polar surface area (TPSA) is 75.7 Å². The number of ether oxygens (including phenoxy) is 1. The summed E-state index contributed by atoms with van der Waals surface area (Å²) >= 11 is 11.7. The summed E-state index contributed by atoms with van der Waals surface area (Å²) < 4.78 is 4.98. The summed E-state index contributed by atoms with van der Waals surface area (Å²) in [5, 5.41) is 3.10. The summed E-state index contributed by atoms with van der Waals surface area (Å²) in [6.07, 6.45) is 2.84. The van der Waals surface area contributed by atoms with Gasteiger partial charge in [0.1, 0.15) is 6.61 Å². The molecule has 156 valence electrons. The van der Waals surface area contributed by atoms with Crippen LogP contribution in [-0.4, -0.2) is 49.3 Å². The normalized spacial score (nSPS) is 13.7. The fraction of sp³-hybridized carbons (Fsp3) is 0.381. The highest BCUT2D eigenvalue weighted by atomic mass is 35.5. The Bertz CT molecular complexity index is 862. The van der Waals surface area contributed by atoms with Crippen LogP contribution in [0.2, 0.25) is 5.02 Å². The van der Waals surface area contributed by atoms with Crippen molar-refractivity contribution in [2.24, 2.45) is 0 Å². The number of hydrogen-bond acceptors (Lipinski definition) is 4. The van der Waals surface area contributed by atoms with Gasteiger partial charge in [-0.2, -0.15) is 0 Å². The largest absolute Gasteiger partial charge is 0.461 e. The summed E-state index contributed by atoms with van der Waals surface area (Å²) in [7, 11) is 3.33. The minimum atomic E-state index is -0.634. The van der Waals surface area contributed by atoms with Gasteiger partial charge in [0.05, 0.1) is 11.5 Å². The molecule has 6 nitrogen and oxygen atoms in total. The third-order valence-electron chi connectivity index (χ3n) is 4.51. The molecule has 1 aromatic carbocycles. The number of carbonyl (C=O) groups is 3. The maximum absolute atomic E-state index is 12.8. The van der Waals surface area contributed by atoms with Gasteiger partial charge in [0.25, 0.3) is 5.91 Å². The lowest BCUT2D eigenvalue weighted by Crippen LogP contribution is -2.28. The molecule has 0 unspecified atom stereocenters. The van der Waals surface area contributed by atoms with E-state index in [1.54, 1.807) is 32.3 Å². The second-order valence-corrected chi connectivity index (χ2v) is 7.60. The van der Waals surface area contributed by atoms with Crippen molar-refractivity contribution < 1.29 is 19.1 Å². The first-order valence-corrected chi connectivity index (χ1v) is 10.1. The van der Waals surface area contributed by atoms with Crippen LogP contribution < -0.4 is 5.32 Å². The molecule has 0 radical (unpaired) electrons. The first-order chi connectivity index (χ1) is 13.8. The van der Waals surface area contributed by atoms with Crippen LogP contribution in [0.25, 0.3) is 5.57 Å². The molecule has 1 aromatic rings. The van der Waals surface area contributed by atoms with Gasteiger partial charge in [-0.25, -0.2) is 4.79 Å². The lowest BCUT2D eigenvalue weighted by molar-refractivity contribution is -0.136. The minimum absolute atomic E-state index is 0.0598. The number of anilines is 1. The van der Waals surface area contributed by atoms with E-state index in [1.807, 2.05) is 0 Å². The molecule has 0 fully saturated rings. The van der Waals surface area contributed by atoms with Crippen LogP contribution in [0.15, 0.2) is 35.9 Å². The molecule has 1 aliphatic carbocycles. The number of alkyl halides is 1. The number of rotatable bonds is 7. The fourth-order valence-corrected chi connectivity index (χ4v) is 3.34. The number of halogens is 2. The molecule has 1 aliphatic rings. The molecule has 0 saturated heterocycles. The van der Waals surface area contributed by atoms with E-state index in [-0.39, 0.29) is 29.9 Å². The van der Waals surface area contributed by atoms with Gasteiger partial charge in [-0.15, -0.1) is 11.6 Å².